The SMILES string of the molecule is CC1(C)c2ccccc2Oc2c(-c3ccc(N(c4ccc5ccccc5c4)c4cccc5c4Oc4ccccc4C5(C)C)cc3)cccc21. The Balaban J connectivity index is 1.19. The van der Waals surface area contributed by atoms with Crippen LogP contribution in [0.25, 0.3) is 21.9 Å². The van der Waals surface area contributed by atoms with Gasteiger partial charge >= 0.3 is 0 Å². The molecule has 0 bridgehead atoms. The van der Waals surface area contributed by atoms with Crippen molar-refractivity contribution in [3.8, 4) is 34.1 Å². The number of benzene rings is 7. The van der Waals surface area contributed by atoms with Gasteiger partial charge in [-0.1, -0.05) is 137 Å². The molecule has 0 fully saturated rings. The molecule has 7 aromatic carbocycles. The molecule has 0 spiro atoms. The van der Waals surface area contributed by atoms with E-state index in [0.717, 1.165) is 51.2 Å². The lowest BCUT2D eigenvalue weighted by Crippen LogP contribution is -2.25. The smallest absolute Gasteiger partial charge is 0.155 e. The van der Waals surface area contributed by atoms with Crippen LogP contribution in [0.4, 0.5) is 17.1 Å². The van der Waals surface area contributed by atoms with Crippen molar-refractivity contribution in [3.63, 3.8) is 0 Å². The number of hydrogen-bond acceptors (Lipinski definition) is 3. The summed E-state index contributed by atoms with van der Waals surface area (Å²) in [5, 5.41) is 2.40. The first-order valence-corrected chi connectivity index (χ1v) is 17.0. The quantitative estimate of drug-likeness (QED) is 0.192. The maximum absolute atomic E-state index is 6.80. The Labute approximate surface area is 288 Å². The van der Waals surface area contributed by atoms with E-state index >= 15 is 0 Å². The summed E-state index contributed by atoms with van der Waals surface area (Å²) in [6, 6.07) is 53.9. The molecule has 0 N–H and O–H groups in total. The monoisotopic (exact) mass is 635 g/mol. The zero-order valence-electron chi connectivity index (χ0n) is 28.2. The molecule has 0 amide bonds. The van der Waals surface area contributed by atoms with Crippen LogP contribution in [0, 0.1) is 0 Å². The van der Waals surface area contributed by atoms with E-state index in [2.05, 4.69) is 172 Å². The van der Waals surface area contributed by atoms with Crippen molar-refractivity contribution in [1.29, 1.82) is 0 Å². The predicted molar refractivity (Wildman–Crippen MR) is 201 cm³/mol. The molecule has 0 aliphatic carbocycles. The first-order valence-electron chi connectivity index (χ1n) is 17.0. The number of nitrogens with zero attached hydrogens (tertiary/aromatic N) is 1. The Hall–Kier alpha value is -5.80. The maximum Gasteiger partial charge on any atom is 0.155 e. The zero-order chi connectivity index (χ0) is 33.3. The zero-order valence-corrected chi connectivity index (χ0v) is 28.2. The fraction of sp³-hybridized carbons (Fsp3) is 0.130. The molecule has 9 rings (SSSR count). The molecule has 0 radical (unpaired) electrons. The van der Waals surface area contributed by atoms with Gasteiger partial charge in [-0.2, -0.15) is 0 Å². The van der Waals surface area contributed by atoms with Gasteiger partial charge in [0.25, 0.3) is 0 Å². The lowest BCUT2D eigenvalue weighted by molar-refractivity contribution is 0.419. The van der Waals surface area contributed by atoms with E-state index in [0.29, 0.717) is 0 Å². The number of rotatable bonds is 4. The van der Waals surface area contributed by atoms with Crippen LogP contribution in [0.3, 0.4) is 0 Å². The van der Waals surface area contributed by atoms with Gasteiger partial charge in [0.1, 0.15) is 17.2 Å². The van der Waals surface area contributed by atoms with Crippen molar-refractivity contribution in [1.82, 2.24) is 0 Å². The summed E-state index contributed by atoms with van der Waals surface area (Å²) in [4.78, 5) is 2.33. The standard InChI is InChI=1S/C46H37NO2/c1-45(2)36-16-7-9-21-41(36)48-43-35(15-11-18-38(43)45)31-24-26-33(27-25-31)47(34-28-23-30-13-5-6-14-32(30)29-34)40-20-12-19-39-44(40)49-42-22-10-8-17-37(42)46(39,3)4/h5-29H,1-4H3. The second kappa shape index (κ2) is 10.9. The van der Waals surface area contributed by atoms with Gasteiger partial charge < -0.3 is 14.4 Å². The highest BCUT2D eigenvalue weighted by molar-refractivity contribution is 5.91. The summed E-state index contributed by atoms with van der Waals surface area (Å²) in [5.41, 5.74) is 9.68. The molecule has 7 aromatic rings. The highest BCUT2D eigenvalue weighted by atomic mass is 16.5. The van der Waals surface area contributed by atoms with E-state index in [9.17, 15) is 0 Å². The summed E-state index contributed by atoms with van der Waals surface area (Å²) in [6.07, 6.45) is 0. The Morgan fingerprint density at radius 2 is 0.959 bits per heavy atom. The largest absolute Gasteiger partial charge is 0.456 e. The van der Waals surface area contributed by atoms with Crippen LogP contribution >= 0.6 is 0 Å². The van der Waals surface area contributed by atoms with Gasteiger partial charge in [-0.05, 0) is 58.8 Å². The molecule has 2 aliphatic rings. The first-order chi connectivity index (χ1) is 23.8. The molecule has 2 heterocycles. The van der Waals surface area contributed by atoms with E-state index in [-0.39, 0.29) is 10.8 Å². The van der Waals surface area contributed by atoms with Crippen molar-refractivity contribution < 1.29 is 9.47 Å². The van der Waals surface area contributed by atoms with Crippen LogP contribution in [0.5, 0.6) is 23.0 Å². The van der Waals surface area contributed by atoms with Crippen LogP contribution in [-0.2, 0) is 10.8 Å². The van der Waals surface area contributed by atoms with E-state index in [4.69, 9.17) is 9.47 Å². The van der Waals surface area contributed by atoms with Gasteiger partial charge in [-0.25, -0.2) is 0 Å². The van der Waals surface area contributed by atoms with Crippen molar-refractivity contribution >= 4 is 27.8 Å². The highest BCUT2D eigenvalue weighted by Crippen LogP contribution is 2.54. The summed E-state index contributed by atoms with van der Waals surface area (Å²) in [7, 11) is 0. The van der Waals surface area contributed by atoms with Gasteiger partial charge in [0.2, 0.25) is 0 Å². The third kappa shape index (κ3) is 4.57. The molecule has 0 saturated heterocycles. The molecule has 3 nitrogen and oxygen atoms in total. The predicted octanol–water partition coefficient (Wildman–Crippen LogP) is 12.8. The normalized spacial score (nSPS) is 14.8. The minimum atomic E-state index is -0.224. The van der Waals surface area contributed by atoms with Gasteiger partial charge in [0.05, 0.1) is 5.69 Å². The topological polar surface area (TPSA) is 21.7 Å². The molecule has 49 heavy (non-hydrogen) atoms. The molecular formula is C46H37NO2. The van der Waals surface area contributed by atoms with Crippen LogP contribution in [0.15, 0.2) is 152 Å². The second-order valence-corrected chi connectivity index (χ2v) is 14.2. The molecule has 238 valence electrons. The number of anilines is 3. The highest BCUT2D eigenvalue weighted by Gasteiger charge is 2.37. The fourth-order valence-electron chi connectivity index (χ4n) is 7.85. The Bertz CT molecular complexity index is 2400. The van der Waals surface area contributed by atoms with Crippen molar-refractivity contribution in [2.45, 2.75) is 38.5 Å². The third-order valence-corrected chi connectivity index (χ3v) is 10.6. The van der Waals surface area contributed by atoms with Crippen molar-refractivity contribution in [2.75, 3.05) is 4.90 Å². The first kappa shape index (κ1) is 29.3. The minimum absolute atomic E-state index is 0.175. The number of fused-ring (bicyclic) bond motifs is 5. The number of para-hydroxylation sites is 4. The Morgan fingerprint density at radius 3 is 1.65 bits per heavy atom. The molecule has 0 unspecified atom stereocenters. The lowest BCUT2D eigenvalue weighted by atomic mass is 9.75. The molecule has 0 saturated carbocycles. The molecule has 0 aromatic heterocycles. The summed E-state index contributed by atoms with van der Waals surface area (Å²) in [5.74, 6) is 3.64. The molecule has 0 atom stereocenters. The fourth-order valence-corrected chi connectivity index (χ4v) is 7.85. The lowest BCUT2D eigenvalue weighted by Gasteiger charge is -2.37. The summed E-state index contributed by atoms with van der Waals surface area (Å²) in [6.45, 7) is 9.14. The van der Waals surface area contributed by atoms with E-state index in [1.165, 1.54) is 33.0 Å². The number of hydrogen-bond donors (Lipinski definition) is 0. The van der Waals surface area contributed by atoms with Gasteiger partial charge in [0, 0.05) is 50.0 Å². The maximum atomic E-state index is 6.80. The third-order valence-electron chi connectivity index (χ3n) is 10.6. The summed E-state index contributed by atoms with van der Waals surface area (Å²) >= 11 is 0. The van der Waals surface area contributed by atoms with E-state index in [1.54, 1.807) is 0 Å². The van der Waals surface area contributed by atoms with Gasteiger partial charge in [0.15, 0.2) is 5.75 Å². The van der Waals surface area contributed by atoms with E-state index < -0.39 is 0 Å². The van der Waals surface area contributed by atoms with Gasteiger partial charge in [-0.15, -0.1) is 0 Å². The summed E-state index contributed by atoms with van der Waals surface area (Å²) < 4.78 is 13.4. The van der Waals surface area contributed by atoms with Crippen LogP contribution < -0.4 is 14.4 Å². The van der Waals surface area contributed by atoms with Crippen LogP contribution in [0.2, 0.25) is 0 Å². The Morgan fingerprint density at radius 1 is 0.429 bits per heavy atom. The van der Waals surface area contributed by atoms with Crippen LogP contribution in [0.1, 0.15) is 49.9 Å². The van der Waals surface area contributed by atoms with Gasteiger partial charge in [-0.3, -0.25) is 0 Å². The average molecular weight is 636 g/mol. The molecular weight excluding hydrogens is 599 g/mol. The average Bonchev–Trinajstić information content (AvgIpc) is 3.12. The minimum Gasteiger partial charge on any atom is -0.456 e. The van der Waals surface area contributed by atoms with Crippen LogP contribution in [-0.4, -0.2) is 0 Å². The van der Waals surface area contributed by atoms with Crippen molar-refractivity contribution in [3.05, 3.63) is 174 Å². The number of ether oxygens (including phenoxy) is 2. The Kier molecular flexibility index (Phi) is 6.51. The molecule has 2 aliphatic heterocycles. The van der Waals surface area contributed by atoms with Crippen molar-refractivity contribution in [2.24, 2.45) is 0 Å². The van der Waals surface area contributed by atoms with E-state index in [1.807, 2.05) is 12.1 Å². The molecule has 3 heteroatoms. The second-order valence-electron chi connectivity index (χ2n) is 14.2.